The van der Waals surface area contributed by atoms with Gasteiger partial charge in [0.25, 0.3) is 0 Å². The standard InChI is InChI=1S/C22H31N3O2/c1-17(2)25-16-13-23-22(25)19-11-14-24(15-12-19)21(26)6-4-5-18-7-9-20(27-3)10-8-18/h7-10,13,16-17,19H,4-6,11-12,14-15H2,1-3H3. The average molecular weight is 370 g/mol. The summed E-state index contributed by atoms with van der Waals surface area (Å²) in [4.78, 5) is 19.2. The Bertz CT molecular complexity index is 728. The predicted octanol–water partition coefficient (Wildman–Crippen LogP) is 4.20. The van der Waals surface area contributed by atoms with E-state index in [1.807, 2.05) is 23.2 Å². The van der Waals surface area contributed by atoms with Crippen molar-refractivity contribution in [3.05, 3.63) is 48.0 Å². The molecule has 2 aromatic rings. The number of likely N-dealkylation sites (tertiary alicyclic amines) is 1. The maximum atomic E-state index is 12.5. The zero-order valence-electron chi connectivity index (χ0n) is 16.7. The SMILES string of the molecule is COc1ccc(CCCC(=O)N2CCC(c3nccn3C(C)C)CC2)cc1. The topological polar surface area (TPSA) is 47.4 Å². The lowest BCUT2D eigenvalue weighted by atomic mass is 9.95. The summed E-state index contributed by atoms with van der Waals surface area (Å²) < 4.78 is 7.44. The Hall–Kier alpha value is -2.30. The Morgan fingerprint density at radius 2 is 1.93 bits per heavy atom. The van der Waals surface area contributed by atoms with Crippen LogP contribution in [0.15, 0.2) is 36.7 Å². The van der Waals surface area contributed by atoms with Gasteiger partial charge in [0.05, 0.1) is 7.11 Å². The van der Waals surface area contributed by atoms with E-state index in [2.05, 4.69) is 41.7 Å². The summed E-state index contributed by atoms with van der Waals surface area (Å²) in [6.45, 7) is 6.06. The summed E-state index contributed by atoms with van der Waals surface area (Å²) in [5.74, 6) is 2.80. The molecule has 0 saturated carbocycles. The molecule has 0 aliphatic carbocycles. The molecule has 1 aromatic carbocycles. The average Bonchev–Trinajstić information content (AvgIpc) is 3.19. The molecule has 2 heterocycles. The lowest BCUT2D eigenvalue weighted by molar-refractivity contribution is -0.132. The van der Waals surface area contributed by atoms with Crippen molar-refractivity contribution in [2.24, 2.45) is 0 Å². The monoisotopic (exact) mass is 369 g/mol. The summed E-state index contributed by atoms with van der Waals surface area (Å²) in [6.07, 6.45) is 8.42. The number of nitrogens with zero attached hydrogens (tertiary/aromatic N) is 3. The number of hydrogen-bond acceptors (Lipinski definition) is 3. The molecule has 1 fully saturated rings. The molecule has 0 N–H and O–H groups in total. The van der Waals surface area contributed by atoms with Crippen molar-refractivity contribution in [3.63, 3.8) is 0 Å². The van der Waals surface area contributed by atoms with Gasteiger partial charge in [-0.2, -0.15) is 0 Å². The second-order valence-corrected chi connectivity index (χ2v) is 7.64. The van der Waals surface area contributed by atoms with Crippen molar-refractivity contribution in [1.29, 1.82) is 0 Å². The van der Waals surface area contributed by atoms with Crippen LogP contribution in [0.25, 0.3) is 0 Å². The van der Waals surface area contributed by atoms with Crippen LogP contribution in [0, 0.1) is 0 Å². The number of imidazole rings is 1. The first-order chi connectivity index (χ1) is 13.1. The highest BCUT2D eigenvalue weighted by Crippen LogP contribution is 2.28. The third-order valence-electron chi connectivity index (χ3n) is 5.48. The zero-order chi connectivity index (χ0) is 19.2. The highest BCUT2D eigenvalue weighted by atomic mass is 16.5. The third kappa shape index (κ3) is 4.90. The summed E-state index contributed by atoms with van der Waals surface area (Å²) in [6, 6.07) is 8.53. The van der Waals surface area contributed by atoms with E-state index >= 15 is 0 Å². The van der Waals surface area contributed by atoms with Gasteiger partial charge in [0, 0.05) is 43.9 Å². The van der Waals surface area contributed by atoms with Crippen LogP contribution in [0.5, 0.6) is 5.75 Å². The molecule has 5 nitrogen and oxygen atoms in total. The fourth-order valence-electron chi connectivity index (χ4n) is 3.86. The number of benzene rings is 1. The summed E-state index contributed by atoms with van der Waals surface area (Å²) in [7, 11) is 1.67. The van der Waals surface area contributed by atoms with E-state index in [0.29, 0.717) is 18.4 Å². The van der Waals surface area contributed by atoms with Crippen LogP contribution >= 0.6 is 0 Å². The van der Waals surface area contributed by atoms with Crippen molar-refractivity contribution in [2.75, 3.05) is 20.2 Å². The van der Waals surface area contributed by atoms with Crippen LogP contribution in [0.3, 0.4) is 0 Å². The predicted molar refractivity (Wildman–Crippen MR) is 107 cm³/mol. The van der Waals surface area contributed by atoms with E-state index in [1.54, 1.807) is 7.11 Å². The third-order valence-corrected chi connectivity index (χ3v) is 5.48. The number of rotatable bonds is 7. The Morgan fingerprint density at radius 3 is 2.56 bits per heavy atom. The summed E-state index contributed by atoms with van der Waals surface area (Å²) in [5, 5.41) is 0. The van der Waals surface area contributed by atoms with Crippen molar-refractivity contribution in [1.82, 2.24) is 14.5 Å². The van der Waals surface area contributed by atoms with Gasteiger partial charge in [-0.3, -0.25) is 4.79 Å². The van der Waals surface area contributed by atoms with Crippen molar-refractivity contribution in [2.45, 2.75) is 57.9 Å². The molecule has 146 valence electrons. The van der Waals surface area contributed by atoms with Gasteiger partial charge in [0.2, 0.25) is 5.91 Å². The minimum Gasteiger partial charge on any atom is -0.497 e. The first-order valence-electron chi connectivity index (χ1n) is 10.0. The van der Waals surface area contributed by atoms with Gasteiger partial charge >= 0.3 is 0 Å². The minimum absolute atomic E-state index is 0.286. The van der Waals surface area contributed by atoms with Crippen molar-refractivity contribution >= 4 is 5.91 Å². The molecule has 1 amide bonds. The molecule has 0 radical (unpaired) electrons. The van der Waals surface area contributed by atoms with Gasteiger partial charge < -0.3 is 14.2 Å². The highest BCUT2D eigenvalue weighted by Gasteiger charge is 2.26. The van der Waals surface area contributed by atoms with Crippen LogP contribution in [0.4, 0.5) is 0 Å². The van der Waals surface area contributed by atoms with Crippen LogP contribution in [-0.4, -0.2) is 40.6 Å². The molecular formula is C22H31N3O2. The maximum Gasteiger partial charge on any atom is 0.222 e. The van der Waals surface area contributed by atoms with Crippen molar-refractivity contribution in [3.8, 4) is 5.75 Å². The number of carbonyl (C=O) groups excluding carboxylic acids is 1. The van der Waals surface area contributed by atoms with E-state index < -0.39 is 0 Å². The van der Waals surface area contributed by atoms with Crippen LogP contribution in [0.2, 0.25) is 0 Å². The number of amides is 1. The smallest absolute Gasteiger partial charge is 0.222 e. The Labute approximate surface area is 162 Å². The number of piperidine rings is 1. The lowest BCUT2D eigenvalue weighted by Crippen LogP contribution is -2.38. The molecule has 1 saturated heterocycles. The molecule has 0 unspecified atom stereocenters. The molecular weight excluding hydrogens is 338 g/mol. The molecule has 0 spiro atoms. The fourth-order valence-corrected chi connectivity index (χ4v) is 3.86. The van der Waals surface area contributed by atoms with E-state index in [4.69, 9.17) is 4.74 Å². The first kappa shape index (κ1) is 19.5. The molecule has 0 atom stereocenters. The van der Waals surface area contributed by atoms with Gasteiger partial charge in [-0.25, -0.2) is 4.98 Å². The van der Waals surface area contributed by atoms with Gasteiger partial charge in [-0.05, 0) is 57.2 Å². The Morgan fingerprint density at radius 1 is 1.22 bits per heavy atom. The number of ether oxygens (including phenoxy) is 1. The molecule has 3 rings (SSSR count). The van der Waals surface area contributed by atoms with Gasteiger partial charge in [-0.15, -0.1) is 0 Å². The normalized spacial score (nSPS) is 15.3. The minimum atomic E-state index is 0.286. The Kier molecular flexibility index (Phi) is 6.54. The zero-order valence-corrected chi connectivity index (χ0v) is 16.7. The lowest BCUT2D eigenvalue weighted by Gasteiger charge is -2.32. The number of aromatic nitrogens is 2. The summed E-state index contributed by atoms with van der Waals surface area (Å²) in [5.41, 5.74) is 1.25. The largest absolute Gasteiger partial charge is 0.497 e. The molecule has 27 heavy (non-hydrogen) atoms. The molecule has 5 heteroatoms. The maximum absolute atomic E-state index is 12.5. The molecule has 1 aliphatic rings. The Balaban J connectivity index is 1.43. The number of methoxy groups -OCH3 is 1. The van der Waals surface area contributed by atoms with Crippen LogP contribution < -0.4 is 4.74 Å². The van der Waals surface area contributed by atoms with Gasteiger partial charge in [0.1, 0.15) is 11.6 Å². The molecule has 0 bridgehead atoms. The van der Waals surface area contributed by atoms with E-state index in [-0.39, 0.29) is 5.91 Å². The van der Waals surface area contributed by atoms with Gasteiger partial charge in [0.15, 0.2) is 0 Å². The van der Waals surface area contributed by atoms with Crippen LogP contribution in [-0.2, 0) is 11.2 Å². The fraction of sp³-hybridized carbons (Fsp3) is 0.545. The number of hydrogen-bond donors (Lipinski definition) is 0. The summed E-state index contributed by atoms with van der Waals surface area (Å²) >= 11 is 0. The van der Waals surface area contributed by atoms with E-state index in [1.165, 1.54) is 11.4 Å². The molecule has 1 aromatic heterocycles. The van der Waals surface area contributed by atoms with Crippen molar-refractivity contribution < 1.29 is 9.53 Å². The second kappa shape index (κ2) is 9.07. The number of carbonyl (C=O) groups is 1. The highest BCUT2D eigenvalue weighted by molar-refractivity contribution is 5.76. The second-order valence-electron chi connectivity index (χ2n) is 7.64. The quantitative estimate of drug-likeness (QED) is 0.735. The van der Waals surface area contributed by atoms with Crippen LogP contribution in [0.1, 0.15) is 62.9 Å². The molecule has 1 aliphatic heterocycles. The van der Waals surface area contributed by atoms with Gasteiger partial charge in [-0.1, -0.05) is 12.1 Å². The number of aryl methyl sites for hydroxylation is 1. The first-order valence-corrected chi connectivity index (χ1v) is 10.0. The van der Waals surface area contributed by atoms with E-state index in [0.717, 1.165) is 44.5 Å². The van der Waals surface area contributed by atoms with E-state index in [9.17, 15) is 4.79 Å².